The van der Waals surface area contributed by atoms with Crippen LogP contribution in [-0.4, -0.2) is 31.6 Å². The van der Waals surface area contributed by atoms with Gasteiger partial charge in [-0.1, -0.05) is 59.2 Å². The van der Waals surface area contributed by atoms with E-state index in [1.165, 1.54) is 0 Å². The van der Waals surface area contributed by atoms with E-state index in [0.717, 1.165) is 43.5 Å². The first-order valence-electron chi connectivity index (χ1n) is 9.49. The Hall–Kier alpha value is -0.953. The quantitative estimate of drug-likeness (QED) is 0.820. The zero-order valence-corrected chi connectivity index (χ0v) is 17.8. The molecule has 0 spiro atoms. The van der Waals surface area contributed by atoms with E-state index in [2.05, 4.69) is 45.3 Å². The fraction of sp³-hybridized carbons (Fsp3) is 0.667. The summed E-state index contributed by atoms with van der Waals surface area (Å²) in [6.45, 7) is 11.3. The van der Waals surface area contributed by atoms with Crippen molar-refractivity contribution in [1.82, 2.24) is 5.32 Å². The van der Waals surface area contributed by atoms with Crippen molar-refractivity contribution in [2.45, 2.75) is 77.8 Å². The molecule has 1 heterocycles. The summed E-state index contributed by atoms with van der Waals surface area (Å²) in [6.07, 6.45) is 3.84. The Labute approximate surface area is 172 Å². The number of nitrogens with zero attached hydrogens (tertiary/aromatic N) is 1. The predicted octanol–water partition coefficient (Wildman–Crippen LogP) is 1.82. The standard InChI is InChI=1S/C15H21NO2.C6H14N.Li/c1-3-15(10-6-7-11-16-14(15)17)12-8-4-5-9-13(12)18-2;1-5(2)7-6(3)4;/h4-5,8-9H,3,6-7,10-11H2,1-2H3,(H,16,17);5-6H,1-4H3;/q;-1;+1. The largest absolute Gasteiger partial charge is 1.00 e. The number of amides is 1. The fourth-order valence-corrected chi connectivity index (χ4v) is 3.46. The molecule has 1 atom stereocenters. The molecule has 0 aliphatic carbocycles. The van der Waals surface area contributed by atoms with Gasteiger partial charge in [0.25, 0.3) is 0 Å². The normalized spacial score (nSPS) is 19.8. The minimum atomic E-state index is -0.427. The molecule has 0 bridgehead atoms. The second-order valence-electron chi connectivity index (χ2n) is 7.19. The summed E-state index contributed by atoms with van der Waals surface area (Å²) >= 11 is 0. The van der Waals surface area contributed by atoms with Gasteiger partial charge < -0.3 is 15.4 Å². The summed E-state index contributed by atoms with van der Waals surface area (Å²) in [5, 5.41) is 7.32. The molecule has 2 rings (SSSR count). The van der Waals surface area contributed by atoms with Crippen molar-refractivity contribution in [2.24, 2.45) is 0 Å². The van der Waals surface area contributed by atoms with Crippen LogP contribution in [0.4, 0.5) is 0 Å². The first kappa shape index (κ1) is 25.0. The Morgan fingerprint density at radius 3 is 2.27 bits per heavy atom. The number of benzene rings is 1. The summed E-state index contributed by atoms with van der Waals surface area (Å²) in [5.74, 6) is 0.961. The van der Waals surface area contributed by atoms with Gasteiger partial charge in [-0.25, -0.2) is 0 Å². The van der Waals surface area contributed by atoms with Gasteiger partial charge in [-0.2, -0.15) is 0 Å². The molecule has 1 unspecified atom stereocenters. The predicted molar refractivity (Wildman–Crippen MR) is 105 cm³/mol. The summed E-state index contributed by atoms with van der Waals surface area (Å²) in [6, 6.07) is 8.88. The summed E-state index contributed by atoms with van der Waals surface area (Å²) < 4.78 is 5.43. The third-order valence-corrected chi connectivity index (χ3v) is 4.57. The topological polar surface area (TPSA) is 52.4 Å². The van der Waals surface area contributed by atoms with Gasteiger partial charge in [0.05, 0.1) is 12.5 Å². The van der Waals surface area contributed by atoms with Crippen LogP contribution in [-0.2, 0) is 10.2 Å². The van der Waals surface area contributed by atoms with E-state index in [-0.39, 0.29) is 24.8 Å². The number of carbonyl (C=O) groups excluding carboxylic acids is 1. The maximum atomic E-state index is 12.5. The second-order valence-corrected chi connectivity index (χ2v) is 7.19. The molecular weight excluding hydrogens is 319 g/mol. The molecule has 26 heavy (non-hydrogen) atoms. The number of nitrogens with one attached hydrogen (secondary N) is 1. The Morgan fingerprint density at radius 1 is 1.15 bits per heavy atom. The smallest absolute Gasteiger partial charge is 0.658 e. The molecule has 1 amide bonds. The minimum Gasteiger partial charge on any atom is -0.658 e. The van der Waals surface area contributed by atoms with Gasteiger partial charge >= 0.3 is 18.9 Å². The average Bonchev–Trinajstić information content (AvgIpc) is 2.76. The molecule has 0 radical (unpaired) electrons. The van der Waals surface area contributed by atoms with Crippen LogP contribution < -0.4 is 28.9 Å². The summed E-state index contributed by atoms with van der Waals surface area (Å²) in [4.78, 5) is 12.5. The zero-order valence-electron chi connectivity index (χ0n) is 17.8. The van der Waals surface area contributed by atoms with Crippen LogP contribution in [0.5, 0.6) is 5.75 Å². The number of rotatable bonds is 5. The molecule has 1 saturated heterocycles. The van der Waals surface area contributed by atoms with E-state index >= 15 is 0 Å². The maximum absolute atomic E-state index is 12.5. The molecular formula is C21H35LiN2O2. The first-order valence-corrected chi connectivity index (χ1v) is 9.49. The van der Waals surface area contributed by atoms with Crippen LogP contribution in [0.15, 0.2) is 24.3 Å². The Morgan fingerprint density at radius 2 is 1.77 bits per heavy atom. The monoisotopic (exact) mass is 354 g/mol. The van der Waals surface area contributed by atoms with E-state index in [9.17, 15) is 4.79 Å². The van der Waals surface area contributed by atoms with E-state index < -0.39 is 5.41 Å². The van der Waals surface area contributed by atoms with E-state index in [4.69, 9.17) is 4.74 Å². The minimum absolute atomic E-state index is 0. The molecule has 1 aromatic rings. The Kier molecular flexibility index (Phi) is 12.0. The molecule has 1 N–H and O–H groups in total. The number of carbonyl (C=O) groups is 1. The third-order valence-electron chi connectivity index (χ3n) is 4.57. The van der Waals surface area contributed by atoms with Crippen molar-refractivity contribution < 1.29 is 28.4 Å². The zero-order chi connectivity index (χ0) is 18.9. The number of ether oxygens (including phenoxy) is 1. The molecule has 0 saturated carbocycles. The van der Waals surface area contributed by atoms with E-state index in [1.807, 2.05) is 24.3 Å². The van der Waals surface area contributed by atoms with Crippen LogP contribution in [0.2, 0.25) is 0 Å². The van der Waals surface area contributed by atoms with E-state index in [1.54, 1.807) is 7.11 Å². The van der Waals surface area contributed by atoms with Crippen molar-refractivity contribution >= 4 is 5.91 Å². The van der Waals surface area contributed by atoms with Crippen molar-refractivity contribution in [2.75, 3.05) is 13.7 Å². The van der Waals surface area contributed by atoms with Crippen molar-refractivity contribution in [3.05, 3.63) is 35.1 Å². The molecule has 0 aromatic heterocycles. The van der Waals surface area contributed by atoms with Gasteiger partial charge in [0.2, 0.25) is 5.91 Å². The Bertz CT molecular complexity index is 528. The average molecular weight is 354 g/mol. The first-order chi connectivity index (χ1) is 11.9. The van der Waals surface area contributed by atoms with Crippen LogP contribution in [0.25, 0.3) is 5.32 Å². The van der Waals surface area contributed by atoms with Gasteiger partial charge in [0.15, 0.2) is 0 Å². The molecule has 5 heteroatoms. The molecule has 1 aliphatic heterocycles. The third kappa shape index (κ3) is 6.99. The second kappa shape index (κ2) is 12.4. The molecule has 1 aromatic carbocycles. The SMILES string of the molecule is CC(C)[N-]C(C)C.CCC1(c2ccccc2OC)CCCCNC1=O.[Li+]. The number of hydrogen-bond acceptors (Lipinski definition) is 2. The van der Waals surface area contributed by atoms with Crippen molar-refractivity contribution in [3.63, 3.8) is 0 Å². The number of para-hydroxylation sites is 1. The van der Waals surface area contributed by atoms with Gasteiger partial charge in [0.1, 0.15) is 5.75 Å². The summed E-state index contributed by atoms with van der Waals surface area (Å²) in [5.41, 5.74) is 0.595. The summed E-state index contributed by atoms with van der Waals surface area (Å²) in [7, 11) is 1.66. The molecule has 142 valence electrons. The van der Waals surface area contributed by atoms with Crippen LogP contribution in [0, 0.1) is 0 Å². The molecule has 1 aliphatic rings. The van der Waals surface area contributed by atoms with Gasteiger partial charge in [-0.15, -0.1) is 12.1 Å². The number of hydrogen-bond donors (Lipinski definition) is 1. The van der Waals surface area contributed by atoms with Gasteiger partial charge in [-0.3, -0.25) is 4.79 Å². The van der Waals surface area contributed by atoms with Crippen molar-refractivity contribution in [3.8, 4) is 5.75 Å². The van der Waals surface area contributed by atoms with Crippen LogP contribution in [0.3, 0.4) is 0 Å². The maximum Gasteiger partial charge on any atom is 1.00 e. The van der Waals surface area contributed by atoms with Crippen LogP contribution in [0.1, 0.15) is 65.9 Å². The Balaban J connectivity index is 0.000000673. The number of methoxy groups -OCH3 is 1. The van der Waals surface area contributed by atoms with E-state index in [0.29, 0.717) is 12.1 Å². The fourth-order valence-electron chi connectivity index (χ4n) is 3.46. The van der Waals surface area contributed by atoms with Crippen molar-refractivity contribution in [1.29, 1.82) is 0 Å². The van der Waals surface area contributed by atoms with Crippen LogP contribution >= 0.6 is 0 Å². The molecule has 1 fully saturated rings. The van der Waals surface area contributed by atoms with Gasteiger partial charge in [0, 0.05) is 12.1 Å². The van der Waals surface area contributed by atoms with Gasteiger partial charge in [-0.05, 0) is 25.3 Å². The molecule has 4 nitrogen and oxygen atoms in total.